The van der Waals surface area contributed by atoms with Crippen molar-refractivity contribution in [1.82, 2.24) is 10.3 Å². The molecular weight excluding hydrogens is 519 g/mol. The summed E-state index contributed by atoms with van der Waals surface area (Å²) < 4.78 is 45.7. The minimum absolute atomic E-state index is 0.0199. The molecule has 1 aromatic heterocycles. The third-order valence-electron chi connectivity index (χ3n) is 6.47. The number of nitrogens with one attached hydrogen (secondary N) is 2. The molecule has 0 aliphatic heterocycles. The molecule has 0 radical (unpaired) electrons. The zero-order valence-corrected chi connectivity index (χ0v) is 21.4. The molecule has 2 amide bonds. The molecule has 1 atom stereocenters. The van der Waals surface area contributed by atoms with Gasteiger partial charge in [-0.3, -0.25) is 9.59 Å². The van der Waals surface area contributed by atoms with Gasteiger partial charge in [-0.15, -0.1) is 0 Å². The van der Waals surface area contributed by atoms with Crippen molar-refractivity contribution in [2.75, 3.05) is 5.32 Å². The summed E-state index contributed by atoms with van der Waals surface area (Å²) in [5.74, 6) is -0.796. The molecule has 1 unspecified atom stereocenters. The number of nitrogens with zero attached hydrogens (tertiary/aromatic N) is 1. The average molecular weight is 546 g/mol. The van der Waals surface area contributed by atoms with Crippen LogP contribution in [0, 0.1) is 0 Å². The van der Waals surface area contributed by atoms with Gasteiger partial charge in [0.25, 0.3) is 5.91 Å². The summed E-state index contributed by atoms with van der Waals surface area (Å²) in [5.41, 5.74) is 0.724. The fourth-order valence-electron chi connectivity index (χ4n) is 4.18. The Morgan fingerprint density at radius 3 is 2.42 bits per heavy atom. The first-order valence-electron chi connectivity index (χ1n) is 12.3. The lowest BCUT2D eigenvalue weighted by molar-refractivity contribution is -0.137. The molecule has 6 nitrogen and oxygen atoms in total. The second-order valence-electron chi connectivity index (χ2n) is 9.22. The molecule has 2 N–H and O–H groups in total. The van der Waals surface area contributed by atoms with E-state index in [2.05, 4.69) is 15.6 Å². The van der Waals surface area contributed by atoms with Crippen LogP contribution in [0.5, 0.6) is 5.75 Å². The molecule has 1 aliphatic rings. The first-order chi connectivity index (χ1) is 18.1. The number of hydrogen-bond donors (Lipinski definition) is 2. The van der Waals surface area contributed by atoms with Gasteiger partial charge in [0.05, 0.1) is 17.6 Å². The Balaban J connectivity index is 1.38. The van der Waals surface area contributed by atoms with Gasteiger partial charge in [0.15, 0.2) is 0 Å². The van der Waals surface area contributed by atoms with Crippen LogP contribution in [0.2, 0.25) is 5.02 Å². The highest BCUT2D eigenvalue weighted by Gasteiger charge is 2.32. The Morgan fingerprint density at radius 2 is 1.79 bits per heavy atom. The summed E-state index contributed by atoms with van der Waals surface area (Å²) in [5, 5.41) is 5.99. The zero-order valence-electron chi connectivity index (χ0n) is 20.6. The van der Waals surface area contributed by atoms with Crippen LogP contribution in [0.3, 0.4) is 0 Å². The number of halogens is 4. The summed E-state index contributed by atoms with van der Waals surface area (Å²) in [6, 6.07) is 13.0. The second-order valence-corrected chi connectivity index (χ2v) is 9.66. The van der Waals surface area contributed by atoms with Crippen molar-refractivity contribution >= 4 is 29.2 Å². The van der Waals surface area contributed by atoms with Crippen molar-refractivity contribution < 1.29 is 27.5 Å². The summed E-state index contributed by atoms with van der Waals surface area (Å²) >= 11 is 5.85. The van der Waals surface area contributed by atoms with Crippen molar-refractivity contribution in [3.8, 4) is 5.75 Å². The van der Waals surface area contributed by atoms with E-state index < -0.39 is 17.7 Å². The number of carbonyl (C=O) groups excluding carboxylic acids is 2. The number of pyridine rings is 1. The SMILES string of the molecule is CC(C(=O)NCc1ccc(C(F)(F)F)cc1OC1CCCC1)c1ccc(NC(=O)c2ccc(Cl)cc2)nc1. The lowest BCUT2D eigenvalue weighted by Gasteiger charge is -2.19. The van der Waals surface area contributed by atoms with E-state index >= 15 is 0 Å². The number of ether oxygens (including phenoxy) is 1. The minimum Gasteiger partial charge on any atom is -0.490 e. The van der Waals surface area contributed by atoms with E-state index in [-0.39, 0.29) is 30.2 Å². The van der Waals surface area contributed by atoms with Crippen LogP contribution in [0.15, 0.2) is 60.8 Å². The van der Waals surface area contributed by atoms with Crippen molar-refractivity contribution in [2.24, 2.45) is 0 Å². The number of alkyl halides is 3. The number of carbonyl (C=O) groups is 2. The third kappa shape index (κ3) is 7.04. The number of aromatic nitrogens is 1. The molecule has 1 saturated carbocycles. The highest BCUT2D eigenvalue weighted by Crippen LogP contribution is 2.35. The van der Waals surface area contributed by atoms with Gasteiger partial charge in [-0.05, 0) is 80.6 Å². The normalized spacial score (nSPS) is 14.7. The predicted octanol–water partition coefficient (Wildman–Crippen LogP) is 6.75. The first kappa shape index (κ1) is 27.4. The van der Waals surface area contributed by atoms with Crippen molar-refractivity contribution in [1.29, 1.82) is 0 Å². The Hall–Kier alpha value is -3.59. The molecule has 1 aliphatic carbocycles. The van der Waals surface area contributed by atoms with E-state index in [1.807, 2.05) is 0 Å². The molecule has 1 heterocycles. The fraction of sp³-hybridized carbons (Fsp3) is 0.321. The number of hydrogen-bond acceptors (Lipinski definition) is 4. The van der Waals surface area contributed by atoms with E-state index in [1.165, 1.54) is 12.3 Å². The van der Waals surface area contributed by atoms with Gasteiger partial charge in [-0.1, -0.05) is 23.7 Å². The van der Waals surface area contributed by atoms with E-state index in [0.29, 0.717) is 27.5 Å². The Bertz CT molecular complexity index is 1280. The summed E-state index contributed by atoms with van der Waals surface area (Å²) in [4.78, 5) is 29.4. The van der Waals surface area contributed by atoms with Crippen molar-refractivity contribution in [3.05, 3.63) is 88.1 Å². The zero-order chi connectivity index (χ0) is 27.3. The Morgan fingerprint density at radius 1 is 1.08 bits per heavy atom. The van der Waals surface area contributed by atoms with Crippen LogP contribution in [-0.2, 0) is 17.5 Å². The molecule has 0 bridgehead atoms. The molecule has 3 aromatic rings. The molecule has 0 spiro atoms. The van der Waals surface area contributed by atoms with E-state index in [9.17, 15) is 22.8 Å². The second kappa shape index (κ2) is 11.9. The van der Waals surface area contributed by atoms with Crippen LogP contribution in [0.1, 0.15) is 65.6 Å². The standard InChI is InChI=1S/C28H27ClF3N3O3/c1-17(19-9-13-25(33-15-19)35-27(37)18-7-11-22(29)12-8-18)26(36)34-16-20-6-10-21(28(30,31)32)14-24(20)38-23-4-2-3-5-23/h6-15,17,23H,2-5,16H2,1H3,(H,34,36)(H,33,35,37). The molecule has 200 valence electrons. The summed E-state index contributed by atoms with van der Waals surface area (Å²) in [7, 11) is 0. The summed E-state index contributed by atoms with van der Waals surface area (Å²) in [6.07, 6.45) is 0.420. The van der Waals surface area contributed by atoms with Gasteiger partial charge in [0.2, 0.25) is 5.91 Å². The van der Waals surface area contributed by atoms with Crippen molar-refractivity contribution in [3.63, 3.8) is 0 Å². The van der Waals surface area contributed by atoms with Crippen LogP contribution in [0.25, 0.3) is 0 Å². The molecule has 1 fully saturated rings. The number of rotatable bonds is 8. The van der Waals surface area contributed by atoms with Gasteiger partial charge in [-0.25, -0.2) is 4.98 Å². The van der Waals surface area contributed by atoms with E-state index in [4.69, 9.17) is 16.3 Å². The maximum atomic E-state index is 13.3. The maximum absolute atomic E-state index is 13.3. The monoisotopic (exact) mass is 545 g/mol. The lowest BCUT2D eigenvalue weighted by Crippen LogP contribution is -2.28. The predicted molar refractivity (Wildman–Crippen MR) is 138 cm³/mol. The smallest absolute Gasteiger partial charge is 0.416 e. The summed E-state index contributed by atoms with van der Waals surface area (Å²) in [6.45, 7) is 1.72. The topological polar surface area (TPSA) is 80.3 Å². The van der Waals surface area contributed by atoms with E-state index in [1.54, 1.807) is 43.3 Å². The van der Waals surface area contributed by atoms with Crippen LogP contribution in [0.4, 0.5) is 19.0 Å². The minimum atomic E-state index is -4.49. The van der Waals surface area contributed by atoms with Gasteiger partial charge in [0, 0.05) is 28.9 Å². The highest BCUT2D eigenvalue weighted by molar-refractivity contribution is 6.30. The van der Waals surface area contributed by atoms with Gasteiger partial charge in [0.1, 0.15) is 11.6 Å². The number of anilines is 1. The average Bonchev–Trinajstić information content (AvgIpc) is 3.40. The third-order valence-corrected chi connectivity index (χ3v) is 6.72. The lowest BCUT2D eigenvalue weighted by atomic mass is 10.0. The van der Waals surface area contributed by atoms with Gasteiger partial charge < -0.3 is 15.4 Å². The maximum Gasteiger partial charge on any atom is 0.416 e. The largest absolute Gasteiger partial charge is 0.490 e. The molecule has 4 rings (SSSR count). The van der Waals surface area contributed by atoms with Gasteiger partial charge in [-0.2, -0.15) is 13.2 Å². The van der Waals surface area contributed by atoms with Crippen molar-refractivity contribution in [2.45, 2.75) is 57.3 Å². The van der Waals surface area contributed by atoms with Gasteiger partial charge >= 0.3 is 6.18 Å². The molecular formula is C28H27ClF3N3O3. The number of benzene rings is 2. The Labute approximate surface area is 223 Å². The highest BCUT2D eigenvalue weighted by atomic mass is 35.5. The molecule has 38 heavy (non-hydrogen) atoms. The number of amides is 2. The van der Waals surface area contributed by atoms with Crippen LogP contribution >= 0.6 is 11.6 Å². The molecule has 2 aromatic carbocycles. The molecule has 10 heteroatoms. The fourth-order valence-corrected chi connectivity index (χ4v) is 4.31. The molecule has 0 saturated heterocycles. The van der Waals surface area contributed by atoms with E-state index in [0.717, 1.165) is 37.8 Å². The quantitative estimate of drug-likeness (QED) is 0.328. The Kier molecular flexibility index (Phi) is 8.56. The van der Waals surface area contributed by atoms with Crippen LogP contribution < -0.4 is 15.4 Å². The van der Waals surface area contributed by atoms with Crippen LogP contribution in [-0.4, -0.2) is 22.9 Å². The first-order valence-corrected chi connectivity index (χ1v) is 12.7.